The molecule has 29 heavy (non-hydrogen) atoms. The standard InChI is InChI=1S/C21H30N6O.HI/c1-3-22-21(23-12-11-20-24-18(2)25-28-20)27-16-14-26(15-17-27)13-7-10-19-8-5-4-6-9-19;/h4-10H,3,11-17H2,1-2H3,(H,22,23);1H. The molecule has 0 spiro atoms. The molecule has 0 saturated carbocycles. The van der Waals surface area contributed by atoms with Gasteiger partial charge in [-0.2, -0.15) is 4.98 Å². The predicted octanol–water partition coefficient (Wildman–Crippen LogP) is 2.84. The van der Waals surface area contributed by atoms with Crippen molar-refractivity contribution in [2.45, 2.75) is 20.3 Å². The Morgan fingerprint density at radius 2 is 1.97 bits per heavy atom. The Balaban J connectivity index is 0.00000300. The van der Waals surface area contributed by atoms with E-state index in [9.17, 15) is 0 Å². The van der Waals surface area contributed by atoms with Gasteiger partial charge in [0.1, 0.15) is 0 Å². The van der Waals surface area contributed by atoms with Crippen LogP contribution in [0.1, 0.15) is 24.2 Å². The Labute approximate surface area is 190 Å². The number of hydrogen-bond donors (Lipinski definition) is 1. The molecule has 7 nitrogen and oxygen atoms in total. The van der Waals surface area contributed by atoms with Gasteiger partial charge < -0.3 is 14.7 Å². The molecule has 0 unspecified atom stereocenters. The number of hydrogen-bond acceptors (Lipinski definition) is 5. The quantitative estimate of drug-likeness (QED) is 0.351. The highest BCUT2D eigenvalue weighted by Gasteiger charge is 2.18. The van der Waals surface area contributed by atoms with Crippen LogP contribution in [0.5, 0.6) is 0 Å². The molecule has 158 valence electrons. The highest BCUT2D eigenvalue weighted by molar-refractivity contribution is 14.0. The molecule has 1 aliphatic heterocycles. The third-order valence-electron chi connectivity index (χ3n) is 4.64. The zero-order chi connectivity index (χ0) is 19.6. The van der Waals surface area contributed by atoms with Crippen LogP contribution in [0.25, 0.3) is 6.08 Å². The summed E-state index contributed by atoms with van der Waals surface area (Å²) in [4.78, 5) is 13.8. The van der Waals surface area contributed by atoms with E-state index in [1.165, 1.54) is 5.56 Å². The highest BCUT2D eigenvalue weighted by Crippen LogP contribution is 2.05. The number of aryl methyl sites for hydroxylation is 1. The second-order valence-corrected chi connectivity index (χ2v) is 6.82. The molecule has 1 aromatic heterocycles. The second-order valence-electron chi connectivity index (χ2n) is 6.82. The van der Waals surface area contributed by atoms with Crippen LogP contribution in [-0.4, -0.2) is 71.7 Å². The van der Waals surface area contributed by atoms with Crippen LogP contribution in [-0.2, 0) is 6.42 Å². The second kappa shape index (κ2) is 12.6. The molecule has 0 radical (unpaired) electrons. The van der Waals surface area contributed by atoms with Crippen LogP contribution in [0.15, 0.2) is 45.9 Å². The number of benzene rings is 1. The average molecular weight is 510 g/mol. The average Bonchev–Trinajstić information content (AvgIpc) is 3.14. The van der Waals surface area contributed by atoms with E-state index in [1.807, 2.05) is 13.0 Å². The molecule has 1 N–H and O–H groups in total. The fourth-order valence-electron chi connectivity index (χ4n) is 3.17. The van der Waals surface area contributed by atoms with Gasteiger partial charge >= 0.3 is 0 Å². The third-order valence-corrected chi connectivity index (χ3v) is 4.64. The lowest BCUT2D eigenvalue weighted by Gasteiger charge is -2.36. The normalized spacial score (nSPS) is 15.5. The number of nitrogens with zero attached hydrogens (tertiary/aromatic N) is 5. The first-order valence-corrected chi connectivity index (χ1v) is 10.0. The van der Waals surface area contributed by atoms with E-state index >= 15 is 0 Å². The summed E-state index contributed by atoms with van der Waals surface area (Å²) >= 11 is 0. The van der Waals surface area contributed by atoms with Crippen molar-refractivity contribution in [3.05, 3.63) is 53.7 Å². The van der Waals surface area contributed by atoms with Crippen molar-refractivity contribution >= 4 is 36.0 Å². The first-order valence-electron chi connectivity index (χ1n) is 10.0. The smallest absolute Gasteiger partial charge is 0.228 e. The number of guanidine groups is 1. The van der Waals surface area contributed by atoms with Gasteiger partial charge in [-0.15, -0.1) is 24.0 Å². The topological polar surface area (TPSA) is 69.8 Å². The minimum atomic E-state index is 0. The summed E-state index contributed by atoms with van der Waals surface area (Å²) in [6, 6.07) is 10.4. The maximum atomic E-state index is 5.16. The molecule has 0 atom stereocenters. The number of aromatic nitrogens is 2. The van der Waals surface area contributed by atoms with Crippen molar-refractivity contribution in [3.63, 3.8) is 0 Å². The van der Waals surface area contributed by atoms with Crippen LogP contribution in [0.4, 0.5) is 0 Å². The summed E-state index contributed by atoms with van der Waals surface area (Å²) in [6.45, 7) is 10.4. The van der Waals surface area contributed by atoms with E-state index in [0.717, 1.165) is 45.2 Å². The molecule has 2 heterocycles. The van der Waals surface area contributed by atoms with E-state index in [2.05, 4.69) is 68.6 Å². The first-order chi connectivity index (χ1) is 13.7. The minimum Gasteiger partial charge on any atom is -0.357 e. The molecule has 2 aromatic rings. The lowest BCUT2D eigenvalue weighted by molar-refractivity contribution is 0.194. The molecule has 3 rings (SSSR count). The van der Waals surface area contributed by atoms with Gasteiger partial charge in [0, 0.05) is 45.7 Å². The number of halogens is 1. The summed E-state index contributed by atoms with van der Waals surface area (Å²) in [5.74, 6) is 2.29. The molecular formula is C21H31IN6O. The number of aliphatic imine (C=N–C) groups is 1. The summed E-state index contributed by atoms with van der Waals surface area (Å²) in [5, 5.41) is 7.22. The van der Waals surface area contributed by atoms with Gasteiger partial charge in [0.05, 0.1) is 6.54 Å². The molecule has 1 saturated heterocycles. The molecule has 1 aliphatic rings. The summed E-state index contributed by atoms with van der Waals surface area (Å²) in [5.41, 5.74) is 1.25. The van der Waals surface area contributed by atoms with Crippen molar-refractivity contribution in [3.8, 4) is 0 Å². The molecular weight excluding hydrogens is 479 g/mol. The minimum absolute atomic E-state index is 0. The van der Waals surface area contributed by atoms with E-state index in [1.54, 1.807) is 0 Å². The van der Waals surface area contributed by atoms with Crippen LogP contribution in [0.3, 0.4) is 0 Å². The van der Waals surface area contributed by atoms with Gasteiger partial charge in [-0.1, -0.05) is 47.6 Å². The summed E-state index contributed by atoms with van der Waals surface area (Å²) < 4.78 is 5.16. The van der Waals surface area contributed by atoms with Crippen LogP contribution >= 0.6 is 24.0 Å². The summed E-state index contributed by atoms with van der Waals surface area (Å²) in [7, 11) is 0. The molecule has 1 aromatic carbocycles. The molecule has 0 aliphatic carbocycles. The zero-order valence-electron chi connectivity index (χ0n) is 17.3. The number of rotatable bonds is 7. The van der Waals surface area contributed by atoms with Gasteiger partial charge in [-0.3, -0.25) is 9.89 Å². The predicted molar refractivity (Wildman–Crippen MR) is 128 cm³/mol. The lowest BCUT2D eigenvalue weighted by Crippen LogP contribution is -2.52. The molecule has 1 fully saturated rings. The van der Waals surface area contributed by atoms with Crippen molar-refractivity contribution < 1.29 is 4.52 Å². The van der Waals surface area contributed by atoms with E-state index in [4.69, 9.17) is 9.52 Å². The molecule has 8 heteroatoms. The molecule has 0 amide bonds. The van der Waals surface area contributed by atoms with Crippen molar-refractivity contribution in [1.82, 2.24) is 25.3 Å². The number of piperazine rings is 1. The Kier molecular flexibility index (Phi) is 10.1. The fraction of sp³-hybridized carbons (Fsp3) is 0.476. The summed E-state index contributed by atoms with van der Waals surface area (Å²) in [6.07, 6.45) is 5.10. The van der Waals surface area contributed by atoms with Crippen LogP contribution in [0.2, 0.25) is 0 Å². The van der Waals surface area contributed by atoms with E-state index in [-0.39, 0.29) is 24.0 Å². The lowest BCUT2D eigenvalue weighted by atomic mass is 10.2. The number of nitrogens with one attached hydrogen (secondary N) is 1. The monoisotopic (exact) mass is 510 g/mol. The molecule has 0 bridgehead atoms. The van der Waals surface area contributed by atoms with Crippen molar-refractivity contribution in [2.75, 3.05) is 45.8 Å². The van der Waals surface area contributed by atoms with E-state index < -0.39 is 0 Å². The highest BCUT2D eigenvalue weighted by atomic mass is 127. The largest absolute Gasteiger partial charge is 0.357 e. The Morgan fingerprint density at radius 1 is 1.21 bits per heavy atom. The fourth-order valence-corrected chi connectivity index (χ4v) is 3.17. The Hall–Kier alpha value is -1.94. The maximum Gasteiger partial charge on any atom is 0.228 e. The van der Waals surface area contributed by atoms with Gasteiger partial charge in [-0.05, 0) is 19.4 Å². The Bertz CT molecular complexity index is 768. The van der Waals surface area contributed by atoms with E-state index in [0.29, 0.717) is 24.7 Å². The maximum absolute atomic E-state index is 5.16. The van der Waals surface area contributed by atoms with Gasteiger partial charge in [-0.25, -0.2) is 0 Å². The van der Waals surface area contributed by atoms with Gasteiger partial charge in [0.2, 0.25) is 5.89 Å². The van der Waals surface area contributed by atoms with Crippen LogP contribution < -0.4 is 5.32 Å². The first kappa shape index (κ1) is 23.3. The van der Waals surface area contributed by atoms with Crippen molar-refractivity contribution in [1.29, 1.82) is 0 Å². The third kappa shape index (κ3) is 7.77. The SMILES string of the molecule is CCNC(=NCCc1nc(C)no1)N1CCN(CC=Cc2ccccc2)CC1.I. The van der Waals surface area contributed by atoms with Crippen LogP contribution in [0, 0.1) is 6.92 Å². The Morgan fingerprint density at radius 3 is 2.62 bits per heavy atom. The van der Waals surface area contributed by atoms with Crippen molar-refractivity contribution in [2.24, 2.45) is 4.99 Å². The van der Waals surface area contributed by atoms with Gasteiger partial charge in [0.25, 0.3) is 0 Å². The van der Waals surface area contributed by atoms with Gasteiger partial charge in [0.15, 0.2) is 11.8 Å². The zero-order valence-corrected chi connectivity index (χ0v) is 19.6.